The van der Waals surface area contributed by atoms with Gasteiger partial charge in [0.1, 0.15) is 5.82 Å². The van der Waals surface area contributed by atoms with Gasteiger partial charge in [0.15, 0.2) is 11.5 Å². The molecule has 2 aromatic rings. The molecule has 0 radical (unpaired) electrons. The van der Waals surface area contributed by atoms with Crippen LogP contribution in [0.5, 0.6) is 11.5 Å². The van der Waals surface area contributed by atoms with Crippen molar-refractivity contribution in [2.45, 2.75) is 37.5 Å². The lowest BCUT2D eigenvalue weighted by molar-refractivity contribution is -0.272. The van der Waals surface area contributed by atoms with E-state index in [2.05, 4.69) is 10.3 Å². The molecular formula is C20H24F3N3O4. The summed E-state index contributed by atoms with van der Waals surface area (Å²) in [5.41, 5.74) is -2.29. The molecular weight excluding hydrogens is 403 g/mol. The molecule has 0 spiro atoms. The maximum Gasteiger partial charge on any atom is 0.424 e. The number of ether oxygens (including phenoxy) is 2. The summed E-state index contributed by atoms with van der Waals surface area (Å²) in [4.78, 5) is 15.7. The van der Waals surface area contributed by atoms with E-state index in [0.29, 0.717) is 31.1 Å². The second kappa shape index (κ2) is 8.95. The maximum atomic E-state index is 13.5. The number of rotatable bonds is 7. The van der Waals surface area contributed by atoms with Crippen LogP contribution in [0, 0.1) is 0 Å². The normalized spacial score (nSPS) is 15.9. The van der Waals surface area contributed by atoms with E-state index in [1.54, 1.807) is 12.1 Å². The van der Waals surface area contributed by atoms with Gasteiger partial charge in [0.25, 0.3) is 0 Å². The van der Waals surface area contributed by atoms with Crippen LogP contribution >= 0.6 is 0 Å². The largest absolute Gasteiger partial charge is 0.490 e. The SMILES string of the molecule is Cn1ccnc1C(O)(CCNC(=O)CCc1ccc2c(c1)OCCCO2)C(F)(F)F. The zero-order valence-corrected chi connectivity index (χ0v) is 16.5. The van der Waals surface area contributed by atoms with Crippen LogP contribution in [-0.2, 0) is 23.9 Å². The van der Waals surface area contributed by atoms with Crippen molar-refractivity contribution in [3.63, 3.8) is 0 Å². The van der Waals surface area contributed by atoms with E-state index in [0.717, 1.165) is 16.6 Å². The summed E-state index contributed by atoms with van der Waals surface area (Å²) in [5.74, 6) is 0.347. The number of benzene rings is 1. The van der Waals surface area contributed by atoms with Gasteiger partial charge in [0, 0.05) is 45.2 Å². The molecule has 1 aliphatic heterocycles. The molecule has 0 saturated carbocycles. The molecule has 1 unspecified atom stereocenters. The number of alkyl halides is 3. The molecule has 3 rings (SSSR count). The molecule has 164 valence electrons. The number of aryl methyl sites for hydroxylation is 2. The van der Waals surface area contributed by atoms with Gasteiger partial charge in [-0.2, -0.15) is 13.2 Å². The smallest absolute Gasteiger partial charge is 0.424 e. The maximum absolute atomic E-state index is 13.5. The van der Waals surface area contributed by atoms with E-state index < -0.39 is 29.9 Å². The molecule has 0 aliphatic carbocycles. The summed E-state index contributed by atoms with van der Waals surface area (Å²) in [5, 5.41) is 12.7. The zero-order chi connectivity index (χ0) is 21.8. The lowest BCUT2D eigenvalue weighted by Gasteiger charge is -2.30. The standard InChI is InChI=1S/C20H24F3N3O4/c1-26-10-9-25-18(26)19(28,20(21,22)23)7-8-24-17(27)6-4-14-3-5-15-16(13-14)30-12-2-11-29-15/h3,5,9-10,13,28H,2,4,6-8,11-12H2,1H3,(H,24,27). The van der Waals surface area contributed by atoms with E-state index in [9.17, 15) is 23.1 Å². The monoisotopic (exact) mass is 427 g/mol. The fourth-order valence-electron chi connectivity index (χ4n) is 3.24. The van der Waals surface area contributed by atoms with Gasteiger partial charge in [-0.25, -0.2) is 4.98 Å². The number of fused-ring (bicyclic) bond motifs is 1. The molecule has 1 amide bonds. The lowest BCUT2D eigenvalue weighted by atomic mass is 9.97. The minimum Gasteiger partial charge on any atom is -0.490 e. The van der Waals surface area contributed by atoms with Gasteiger partial charge in [0.2, 0.25) is 11.5 Å². The number of hydrogen-bond acceptors (Lipinski definition) is 5. The number of amides is 1. The molecule has 1 aromatic heterocycles. The Morgan fingerprint density at radius 1 is 1.27 bits per heavy atom. The van der Waals surface area contributed by atoms with Gasteiger partial charge >= 0.3 is 6.18 Å². The van der Waals surface area contributed by atoms with Crippen molar-refractivity contribution >= 4 is 5.91 Å². The molecule has 10 heteroatoms. The fraction of sp³-hybridized carbons (Fsp3) is 0.500. The summed E-state index contributed by atoms with van der Waals surface area (Å²) < 4.78 is 52.7. The molecule has 0 saturated heterocycles. The summed E-state index contributed by atoms with van der Waals surface area (Å²) in [6, 6.07) is 5.41. The second-order valence-corrected chi connectivity index (χ2v) is 7.15. The highest BCUT2D eigenvalue weighted by Crippen LogP contribution is 2.40. The summed E-state index contributed by atoms with van der Waals surface area (Å²) >= 11 is 0. The first-order valence-corrected chi connectivity index (χ1v) is 9.63. The Morgan fingerprint density at radius 3 is 2.67 bits per heavy atom. The first-order valence-electron chi connectivity index (χ1n) is 9.63. The second-order valence-electron chi connectivity index (χ2n) is 7.15. The average Bonchev–Trinajstić information content (AvgIpc) is 2.98. The van der Waals surface area contributed by atoms with E-state index in [4.69, 9.17) is 9.47 Å². The van der Waals surface area contributed by atoms with Crippen LogP contribution in [0.1, 0.15) is 30.7 Å². The van der Waals surface area contributed by atoms with Gasteiger partial charge in [-0.3, -0.25) is 4.79 Å². The Morgan fingerprint density at radius 2 is 2.00 bits per heavy atom. The van der Waals surface area contributed by atoms with E-state index in [-0.39, 0.29) is 13.0 Å². The number of hydrogen-bond donors (Lipinski definition) is 2. The molecule has 7 nitrogen and oxygen atoms in total. The van der Waals surface area contributed by atoms with Crippen LogP contribution in [0.4, 0.5) is 13.2 Å². The topological polar surface area (TPSA) is 85.6 Å². The first kappa shape index (κ1) is 21.9. The highest BCUT2D eigenvalue weighted by molar-refractivity contribution is 5.76. The zero-order valence-electron chi connectivity index (χ0n) is 16.5. The minimum atomic E-state index is -4.93. The van der Waals surface area contributed by atoms with Gasteiger partial charge in [-0.1, -0.05) is 6.07 Å². The first-order chi connectivity index (χ1) is 14.2. The molecule has 0 fully saturated rings. The van der Waals surface area contributed by atoms with Crippen molar-refractivity contribution < 1.29 is 32.5 Å². The lowest BCUT2D eigenvalue weighted by Crippen LogP contribution is -2.46. The number of carbonyl (C=O) groups is 1. The third kappa shape index (κ3) is 4.86. The Kier molecular flexibility index (Phi) is 6.55. The van der Waals surface area contributed by atoms with E-state index in [1.807, 2.05) is 6.07 Å². The van der Waals surface area contributed by atoms with Crippen LogP contribution in [0.3, 0.4) is 0 Å². The highest BCUT2D eigenvalue weighted by atomic mass is 19.4. The summed E-state index contributed by atoms with van der Waals surface area (Å²) in [6.45, 7) is 0.787. The molecule has 30 heavy (non-hydrogen) atoms. The van der Waals surface area contributed by atoms with Gasteiger partial charge in [-0.05, 0) is 24.1 Å². The third-order valence-electron chi connectivity index (χ3n) is 4.92. The third-order valence-corrected chi connectivity index (χ3v) is 4.92. The average molecular weight is 427 g/mol. The minimum absolute atomic E-state index is 0.0898. The van der Waals surface area contributed by atoms with E-state index in [1.165, 1.54) is 19.4 Å². The molecule has 1 atom stereocenters. The van der Waals surface area contributed by atoms with Gasteiger partial charge < -0.3 is 24.5 Å². The van der Waals surface area contributed by atoms with Crippen LogP contribution in [0.25, 0.3) is 0 Å². The number of carbonyl (C=O) groups excluding carboxylic acids is 1. The van der Waals surface area contributed by atoms with Crippen molar-refractivity contribution in [2.24, 2.45) is 7.05 Å². The van der Waals surface area contributed by atoms with Crippen molar-refractivity contribution in [3.05, 3.63) is 42.0 Å². The van der Waals surface area contributed by atoms with Crippen molar-refractivity contribution in [1.82, 2.24) is 14.9 Å². The molecule has 1 aromatic carbocycles. The van der Waals surface area contributed by atoms with Gasteiger partial charge in [-0.15, -0.1) is 0 Å². The van der Waals surface area contributed by atoms with E-state index >= 15 is 0 Å². The fourth-order valence-corrected chi connectivity index (χ4v) is 3.24. The molecule has 1 aliphatic rings. The van der Waals surface area contributed by atoms with Crippen LogP contribution in [0.2, 0.25) is 0 Å². The number of halogens is 3. The Hall–Kier alpha value is -2.75. The van der Waals surface area contributed by atoms with Gasteiger partial charge in [0.05, 0.1) is 13.2 Å². The summed E-state index contributed by atoms with van der Waals surface area (Å²) in [7, 11) is 1.37. The predicted molar refractivity (Wildman–Crippen MR) is 101 cm³/mol. The number of nitrogens with one attached hydrogen (secondary N) is 1. The Balaban J connectivity index is 1.53. The summed E-state index contributed by atoms with van der Waals surface area (Å²) in [6.07, 6.45) is -1.90. The van der Waals surface area contributed by atoms with Crippen LogP contribution in [0.15, 0.2) is 30.6 Å². The quantitative estimate of drug-likeness (QED) is 0.709. The number of nitrogens with zero attached hydrogens (tertiary/aromatic N) is 2. The number of imidazole rings is 1. The highest BCUT2D eigenvalue weighted by Gasteiger charge is 2.57. The predicted octanol–water partition coefficient (Wildman–Crippen LogP) is 2.47. The number of aromatic nitrogens is 2. The van der Waals surface area contributed by atoms with Crippen molar-refractivity contribution in [2.75, 3.05) is 19.8 Å². The number of aliphatic hydroxyl groups is 1. The van der Waals surface area contributed by atoms with Crippen LogP contribution in [-0.4, -0.2) is 46.5 Å². The van der Waals surface area contributed by atoms with Crippen LogP contribution < -0.4 is 14.8 Å². The van der Waals surface area contributed by atoms with Crippen molar-refractivity contribution in [3.8, 4) is 11.5 Å². The van der Waals surface area contributed by atoms with Crippen molar-refractivity contribution in [1.29, 1.82) is 0 Å². The molecule has 2 heterocycles. The Bertz CT molecular complexity index is 884. The molecule has 2 N–H and O–H groups in total. The Labute approximate surface area is 171 Å². The molecule has 0 bridgehead atoms.